The maximum absolute atomic E-state index is 5.69. The van der Waals surface area contributed by atoms with Gasteiger partial charge in [0.1, 0.15) is 6.33 Å². The molecule has 5 nitrogen and oxygen atoms in total. The SMILES string of the molecule is COc1c(N)ncnc1NCC1CCCS1. The second-order valence-electron chi connectivity index (χ2n) is 3.66. The van der Waals surface area contributed by atoms with Gasteiger partial charge in [0, 0.05) is 11.8 Å². The van der Waals surface area contributed by atoms with Crippen molar-refractivity contribution in [2.45, 2.75) is 18.1 Å². The highest BCUT2D eigenvalue weighted by molar-refractivity contribution is 8.00. The fraction of sp³-hybridized carbons (Fsp3) is 0.600. The number of nitrogens with one attached hydrogen (secondary N) is 1. The molecule has 3 N–H and O–H groups in total. The Morgan fingerprint density at radius 2 is 2.50 bits per heavy atom. The van der Waals surface area contributed by atoms with Crippen LogP contribution < -0.4 is 15.8 Å². The highest BCUT2D eigenvalue weighted by Crippen LogP contribution is 2.29. The van der Waals surface area contributed by atoms with Crippen molar-refractivity contribution in [3.8, 4) is 5.75 Å². The van der Waals surface area contributed by atoms with Gasteiger partial charge in [-0.05, 0) is 18.6 Å². The van der Waals surface area contributed by atoms with E-state index >= 15 is 0 Å². The number of ether oxygens (including phenoxy) is 1. The van der Waals surface area contributed by atoms with Crippen LogP contribution in [0.4, 0.5) is 11.6 Å². The molecule has 0 bridgehead atoms. The lowest BCUT2D eigenvalue weighted by molar-refractivity contribution is 0.415. The van der Waals surface area contributed by atoms with Crippen LogP contribution in [0.1, 0.15) is 12.8 Å². The summed E-state index contributed by atoms with van der Waals surface area (Å²) in [7, 11) is 1.57. The number of nitrogen functional groups attached to an aromatic ring is 1. The van der Waals surface area contributed by atoms with E-state index in [0.29, 0.717) is 22.6 Å². The summed E-state index contributed by atoms with van der Waals surface area (Å²) in [6.45, 7) is 0.900. The number of nitrogens with two attached hydrogens (primary N) is 1. The topological polar surface area (TPSA) is 73.1 Å². The summed E-state index contributed by atoms with van der Waals surface area (Å²) < 4.78 is 5.17. The number of methoxy groups -OCH3 is 1. The van der Waals surface area contributed by atoms with Crippen LogP contribution in [-0.4, -0.2) is 34.6 Å². The summed E-state index contributed by atoms with van der Waals surface area (Å²) >= 11 is 2.00. The lowest BCUT2D eigenvalue weighted by Gasteiger charge is -2.13. The smallest absolute Gasteiger partial charge is 0.203 e. The first-order chi connectivity index (χ1) is 7.81. The maximum atomic E-state index is 5.69. The van der Waals surface area contributed by atoms with Crippen molar-refractivity contribution in [3.63, 3.8) is 0 Å². The lowest BCUT2D eigenvalue weighted by Crippen LogP contribution is -2.15. The second-order valence-corrected chi connectivity index (χ2v) is 5.06. The first-order valence-electron chi connectivity index (χ1n) is 5.31. The van der Waals surface area contributed by atoms with Crippen LogP contribution >= 0.6 is 11.8 Å². The molecule has 0 radical (unpaired) electrons. The van der Waals surface area contributed by atoms with E-state index in [2.05, 4.69) is 15.3 Å². The molecule has 16 heavy (non-hydrogen) atoms. The van der Waals surface area contributed by atoms with E-state index in [9.17, 15) is 0 Å². The van der Waals surface area contributed by atoms with E-state index in [1.807, 2.05) is 11.8 Å². The molecule has 0 amide bonds. The monoisotopic (exact) mass is 240 g/mol. The first-order valence-corrected chi connectivity index (χ1v) is 6.36. The summed E-state index contributed by atoms with van der Waals surface area (Å²) in [5.41, 5.74) is 5.69. The molecular weight excluding hydrogens is 224 g/mol. The molecule has 2 heterocycles. The van der Waals surface area contributed by atoms with E-state index in [1.54, 1.807) is 7.11 Å². The summed E-state index contributed by atoms with van der Waals surface area (Å²) in [5.74, 6) is 2.85. The van der Waals surface area contributed by atoms with Crippen molar-refractivity contribution in [3.05, 3.63) is 6.33 Å². The van der Waals surface area contributed by atoms with Gasteiger partial charge < -0.3 is 15.8 Å². The molecule has 1 aliphatic rings. The average molecular weight is 240 g/mol. The molecule has 1 fully saturated rings. The number of rotatable bonds is 4. The number of anilines is 2. The zero-order valence-electron chi connectivity index (χ0n) is 9.27. The van der Waals surface area contributed by atoms with E-state index in [0.717, 1.165) is 6.54 Å². The molecule has 1 aliphatic heterocycles. The van der Waals surface area contributed by atoms with Crippen LogP contribution in [0.15, 0.2) is 6.33 Å². The van der Waals surface area contributed by atoms with Crippen LogP contribution in [0.5, 0.6) is 5.75 Å². The van der Waals surface area contributed by atoms with Crippen LogP contribution in [0, 0.1) is 0 Å². The predicted octanol–water partition coefficient (Wildman–Crippen LogP) is 1.37. The van der Waals surface area contributed by atoms with E-state index in [4.69, 9.17) is 10.5 Å². The second kappa shape index (κ2) is 5.25. The third-order valence-electron chi connectivity index (χ3n) is 2.56. The Labute approximate surface area is 99.2 Å². The first kappa shape index (κ1) is 11.3. The maximum Gasteiger partial charge on any atom is 0.203 e. The average Bonchev–Trinajstić information content (AvgIpc) is 2.79. The molecule has 1 atom stereocenters. The molecule has 0 spiro atoms. The fourth-order valence-corrected chi connectivity index (χ4v) is 2.93. The predicted molar refractivity (Wildman–Crippen MR) is 67.0 cm³/mol. The molecule has 88 valence electrons. The Balaban J connectivity index is 2.00. The Hall–Kier alpha value is -1.17. The van der Waals surface area contributed by atoms with Crippen LogP contribution in [0.2, 0.25) is 0 Å². The van der Waals surface area contributed by atoms with Crippen molar-refractivity contribution in [2.75, 3.05) is 30.5 Å². The number of aromatic nitrogens is 2. The number of hydrogen-bond acceptors (Lipinski definition) is 6. The largest absolute Gasteiger partial charge is 0.490 e. The Morgan fingerprint density at radius 3 is 3.19 bits per heavy atom. The van der Waals surface area contributed by atoms with Gasteiger partial charge in [0.25, 0.3) is 0 Å². The van der Waals surface area contributed by atoms with Crippen LogP contribution in [0.3, 0.4) is 0 Å². The standard InChI is InChI=1S/C10H16N4OS/c1-15-8-9(11)13-6-14-10(8)12-5-7-3-2-4-16-7/h6-7H,2-5H2,1H3,(H3,11,12,13,14). The molecule has 0 aromatic carbocycles. The van der Waals surface area contributed by atoms with Crippen LogP contribution in [0.25, 0.3) is 0 Å². The quantitative estimate of drug-likeness (QED) is 0.828. The van der Waals surface area contributed by atoms with Gasteiger partial charge in [-0.3, -0.25) is 0 Å². The third kappa shape index (κ3) is 2.49. The minimum absolute atomic E-state index is 0.374. The van der Waals surface area contributed by atoms with E-state index in [-0.39, 0.29) is 0 Å². The highest BCUT2D eigenvalue weighted by atomic mass is 32.2. The van der Waals surface area contributed by atoms with Gasteiger partial charge in [-0.1, -0.05) is 0 Å². The minimum Gasteiger partial charge on any atom is -0.490 e. The van der Waals surface area contributed by atoms with Crippen molar-refractivity contribution in [2.24, 2.45) is 0 Å². The number of hydrogen-bond donors (Lipinski definition) is 2. The minimum atomic E-state index is 0.374. The highest BCUT2D eigenvalue weighted by Gasteiger charge is 2.16. The molecular formula is C10H16N4OS. The normalized spacial score (nSPS) is 19.7. The lowest BCUT2D eigenvalue weighted by atomic mass is 10.2. The van der Waals surface area contributed by atoms with Crippen molar-refractivity contribution >= 4 is 23.4 Å². The summed E-state index contributed by atoms with van der Waals surface area (Å²) in [5, 5.41) is 3.94. The molecule has 1 aromatic heterocycles. The molecule has 2 rings (SSSR count). The molecule has 6 heteroatoms. The molecule has 1 aromatic rings. The Bertz CT molecular complexity index is 355. The van der Waals surface area contributed by atoms with Gasteiger partial charge in [0.2, 0.25) is 5.75 Å². The Morgan fingerprint density at radius 1 is 1.62 bits per heavy atom. The van der Waals surface area contributed by atoms with E-state index < -0.39 is 0 Å². The summed E-state index contributed by atoms with van der Waals surface area (Å²) in [6, 6.07) is 0. The van der Waals surface area contributed by atoms with Gasteiger partial charge in [0.05, 0.1) is 7.11 Å². The Kier molecular flexibility index (Phi) is 3.71. The zero-order valence-corrected chi connectivity index (χ0v) is 10.1. The molecule has 0 saturated carbocycles. The van der Waals surface area contributed by atoms with Crippen molar-refractivity contribution < 1.29 is 4.74 Å². The van der Waals surface area contributed by atoms with Gasteiger partial charge in [-0.15, -0.1) is 0 Å². The van der Waals surface area contributed by atoms with E-state index in [1.165, 1.54) is 24.9 Å². The summed E-state index contributed by atoms with van der Waals surface area (Å²) in [6.07, 6.45) is 4.02. The van der Waals surface area contributed by atoms with Crippen LogP contribution in [-0.2, 0) is 0 Å². The van der Waals surface area contributed by atoms with Crippen molar-refractivity contribution in [1.29, 1.82) is 0 Å². The fourth-order valence-electron chi connectivity index (χ4n) is 1.73. The number of nitrogens with zero attached hydrogens (tertiary/aromatic N) is 2. The summed E-state index contributed by atoms with van der Waals surface area (Å²) in [4.78, 5) is 8.02. The third-order valence-corrected chi connectivity index (χ3v) is 3.95. The van der Waals surface area contributed by atoms with Gasteiger partial charge in [0.15, 0.2) is 11.6 Å². The molecule has 0 aliphatic carbocycles. The van der Waals surface area contributed by atoms with Gasteiger partial charge in [-0.2, -0.15) is 11.8 Å². The van der Waals surface area contributed by atoms with Gasteiger partial charge in [-0.25, -0.2) is 9.97 Å². The molecule has 1 unspecified atom stereocenters. The van der Waals surface area contributed by atoms with Gasteiger partial charge >= 0.3 is 0 Å². The zero-order chi connectivity index (χ0) is 11.4. The molecule has 1 saturated heterocycles. The number of thioether (sulfide) groups is 1. The van der Waals surface area contributed by atoms with Crippen molar-refractivity contribution in [1.82, 2.24) is 9.97 Å².